The number of hydrogen-bond acceptors (Lipinski definition) is 2. The molecular weight excluding hydrogens is 307 g/mol. The third kappa shape index (κ3) is 3.79. The minimum absolute atomic E-state index is 0.0865. The topological polar surface area (TPSA) is 58.2 Å². The van der Waals surface area contributed by atoms with E-state index in [1.165, 1.54) is 17.7 Å². The second kappa shape index (κ2) is 7.25. The first-order valence-electron chi connectivity index (χ1n) is 8.04. The molecule has 0 aromatic heterocycles. The van der Waals surface area contributed by atoms with Gasteiger partial charge in [0.15, 0.2) is 0 Å². The summed E-state index contributed by atoms with van der Waals surface area (Å²) in [7, 11) is 0. The Labute approximate surface area is 140 Å². The van der Waals surface area contributed by atoms with E-state index in [9.17, 15) is 14.0 Å². The van der Waals surface area contributed by atoms with Gasteiger partial charge in [-0.25, -0.2) is 4.39 Å². The molecule has 2 aromatic carbocycles. The third-order valence-corrected chi connectivity index (χ3v) is 4.16. The second-order valence-corrected chi connectivity index (χ2v) is 5.92. The van der Waals surface area contributed by atoms with Crippen molar-refractivity contribution < 1.29 is 14.0 Å². The standard InChI is InChI=1S/C19H19FN2O2/c20-14-8-9-15-16(12-18(23)22-17(15)11-14)19(24)21-10-4-7-13-5-2-1-3-6-13/h1-3,5-6,8-9,11,16H,4,7,10,12H2,(H,21,24)(H,22,23). The van der Waals surface area contributed by atoms with Crippen molar-refractivity contribution in [3.05, 3.63) is 65.5 Å². The maximum atomic E-state index is 13.3. The van der Waals surface area contributed by atoms with Crippen molar-refractivity contribution in [2.45, 2.75) is 25.2 Å². The van der Waals surface area contributed by atoms with Crippen LogP contribution in [0.1, 0.15) is 29.9 Å². The number of anilines is 1. The van der Waals surface area contributed by atoms with Crippen LogP contribution < -0.4 is 10.6 Å². The lowest BCUT2D eigenvalue weighted by atomic mass is 9.89. The van der Waals surface area contributed by atoms with Crippen molar-refractivity contribution in [1.29, 1.82) is 0 Å². The van der Waals surface area contributed by atoms with Crippen LogP contribution in [0.15, 0.2) is 48.5 Å². The summed E-state index contributed by atoms with van der Waals surface area (Å²) in [5.74, 6) is -1.45. The summed E-state index contributed by atoms with van der Waals surface area (Å²) in [6, 6.07) is 14.2. The van der Waals surface area contributed by atoms with Crippen LogP contribution in [0.5, 0.6) is 0 Å². The zero-order valence-corrected chi connectivity index (χ0v) is 13.2. The largest absolute Gasteiger partial charge is 0.356 e. The first kappa shape index (κ1) is 16.2. The fourth-order valence-corrected chi connectivity index (χ4v) is 2.94. The van der Waals surface area contributed by atoms with Gasteiger partial charge in [-0.05, 0) is 36.1 Å². The number of hydrogen-bond donors (Lipinski definition) is 2. The van der Waals surface area contributed by atoms with Crippen LogP contribution in [0.4, 0.5) is 10.1 Å². The molecule has 1 atom stereocenters. The molecule has 0 radical (unpaired) electrons. The van der Waals surface area contributed by atoms with E-state index in [2.05, 4.69) is 22.8 Å². The van der Waals surface area contributed by atoms with Crippen LogP contribution in [-0.4, -0.2) is 18.4 Å². The summed E-state index contributed by atoms with van der Waals surface area (Å²) in [6.45, 7) is 0.544. The van der Waals surface area contributed by atoms with Gasteiger partial charge in [0.05, 0.1) is 5.92 Å². The van der Waals surface area contributed by atoms with E-state index in [-0.39, 0.29) is 18.2 Å². The Balaban J connectivity index is 1.58. The molecule has 0 bridgehead atoms. The molecule has 2 N–H and O–H groups in total. The Morgan fingerprint density at radius 1 is 1.21 bits per heavy atom. The fraction of sp³-hybridized carbons (Fsp3) is 0.263. The van der Waals surface area contributed by atoms with E-state index >= 15 is 0 Å². The van der Waals surface area contributed by atoms with Gasteiger partial charge in [-0.2, -0.15) is 0 Å². The zero-order valence-electron chi connectivity index (χ0n) is 13.2. The number of halogens is 1. The monoisotopic (exact) mass is 326 g/mol. The van der Waals surface area contributed by atoms with E-state index in [4.69, 9.17) is 0 Å². The molecule has 5 heteroatoms. The number of carbonyl (C=O) groups is 2. The SMILES string of the molecule is O=C1CC(C(=O)NCCCc2ccccc2)c2ccc(F)cc2N1. The maximum Gasteiger partial charge on any atom is 0.228 e. The Morgan fingerprint density at radius 3 is 2.79 bits per heavy atom. The van der Waals surface area contributed by atoms with Crippen molar-refractivity contribution in [1.82, 2.24) is 5.32 Å². The van der Waals surface area contributed by atoms with Gasteiger partial charge in [0.25, 0.3) is 0 Å². The predicted molar refractivity (Wildman–Crippen MR) is 90.2 cm³/mol. The minimum atomic E-state index is -0.564. The fourth-order valence-electron chi connectivity index (χ4n) is 2.94. The van der Waals surface area contributed by atoms with Crippen LogP contribution in [0, 0.1) is 5.82 Å². The Morgan fingerprint density at radius 2 is 2.00 bits per heavy atom. The lowest BCUT2D eigenvalue weighted by Crippen LogP contribution is -2.35. The van der Waals surface area contributed by atoms with Gasteiger partial charge < -0.3 is 10.6 Å². The number of amides is 2. The molecule has 4 nitrogen and oxygen atoms in total. The van der Waals surface area contributed by atoms with Crippen LogP contribution in [-0.2, 0) is 16.0 Å². The average Bonchev–Trinajstić information content (AvgIpc) is 2.58. The molecule has 124 valence electrons. The third-order valence-electron chi connectivity index (χ3n) is 4.16. The summed E-state index contributed by atoms with van der Waals surface area (Å²) in [4.78, 5) is 24.2. The highest BCUT2D eigenvalue weighted by molar-refractivity contribution is 6.01. The van der Waals surface area contributed by atoms with Crippen LogP contribution in [0.2, 0.25) is 0 Å². The Hall–Kier alpha value is -2.69. The molecule has 1 aliphatic rings. The van der Waals surface area contributed by atoms with Crippen LogP contribution in [0.25, 0.3) is 0 Å². The van der Waals surface area contributed by atoms with Gasteiger partial charge in [-0.1, -0.05) is 36.4 Å². The van der Waals surface area contributed by atoms with Crippen molar-refractivity contribution >= 4 is 17.5 Å². The average molecular weight is 326 g/mol. The second-order valence-electron chi connectivity index (χ2n) is 5.92. The zero-order chi connectivity index (χ0) is 16.9. The van der Waals surface area contributed by atoms with Crippen LogP contribution in [0.3, 0.4) is 0 Å². The number of benzene rings is 2. The van der Waals surface area contributed by atoms with Gasteiger partial charge in [0, 0.05) is 18.7 Å². The maximum absolute atomic E-state index is 13.3. The minimum Gasteiger partial charge on any atom is -0.356 e. The van der Waals surface area contributed by atoms with E-state index in [1.807, 2.05) is 18.2 Å². The molecular formula is C19H19FN2O2. The summed E-state index contributed by atoms with van der Waals surface area (Å²) in [6.07, 6.45) is 1.79. The van der Waals surface area contributed by atoms with E-state index in [0.717, 1.165) is 12.8 Å². The van der Waals surface area contributed by atoms with Crippen LogP contribution >= 0.6 is 0 Å². The summed E-state index contributed by atoms with van der Waals surface area (Å²) >= 11 is 0. The molecule has 2 aromatic rings. The summed E-state index contributed by atoms with van der Waals surface area (Å²) in [5, 5.41) is 5.50. The van der Waals surface area contributed by atoms with Crippen molar-refractivity contribution in [3.8, 4) is 0 Å². The molecule has 1 heterocycles. The number of rotatable bonds is 5. The van der Waals surface area contributed by atoms with Crippen molar-refractivity contribution in [3.63, 3.8) is 0 Å². The summed E-state index contributed by atoms with van der Waals surface area (Å²) < 4.78 is 13.3. The molecule has 0 aliphatic carbocycles. The van der Waals surface area contributed by atoms with Crippen molar-refractivity contribution in [2.24, 2.45) is 0 Å². The molecule has 2 amide bonds. The lowest BCUT2D eigenvalue weighted by Gasteiger charge is -2.24. The lowest BCUT2D eigenvalue weighted by molar-refractivity contribution is -0.126. The molecule has 24 heavy (non-hydrogen) atoms. The highest BCUT2D eigenvalue weighted by Gasteiger charge is 2.30. The van der Waals surface area contributed by atoms with Gasteiger partial charge >= 0.3 is 0 Å². The predicted octanol–water partition coefficient (Wildman–Crippen LogP) is 3.00. The Bertz CT molecular complexity index is 746. The first-order chi connectivity index (χ1) is 11.6. The molecule has 0 spiro atoms. The quantitative estimate of drug-likeness (QED) is 0.830. The van der Waals surface area contributed by atoms with E-state index < -0.39 is 11.7 Å². The molecule has 3 rings (SSSR count). The highest BCUT2D eigenvalue weighted by atomic mass is 19.1. The summed E-state index contributed by atoms with van der Waals surface area (Å²) in [5.41, 5.74) is 2.27. The Kier molecular flexibility index (Phi) is 4.89. The molecule has 0 fully saturated rings. The van der Waals surface area contributed by atoms with E-state index in [0.29, 0.717) is 17.8 Å². The van der Waals surface area contributed by atoms with Gasteiger partial charge in [-0.3, -0.25) is 9.59 Å². The number of fused-ring (bicyclic) bond motifs is 1. The highest BCUT2D eigenvalue weighted by Crippen LogP contribution is 2.32. The normalized spacial score (nSPS) is 16.2. The molecule has 1 aliphatic heterocycles. The smallest absolute Gasteiger partial charge is 0.228 e. The molecule has 0 saturated carbocycles. The van der Waals surface area contributed by atoms with E-state index in [1.54, 1.807) is 6.07 Å². The molecule has 1 unspecified atom stereocenters. The first-order valence-corrected chi connectivity index (χ1v) is 8.04. The van der Waals surface area contributed by atoms with Gasteiger partial charge in [0.2, 0.25) is 11.8 Å². The van der Waals surface area contributed by atoms with Gasteiger partial charge in [0.1, 0.15) is 5.82 Å². The van der Waals surface area contributed by atoms with Gasteiger partial charge in [-0.15, -0.1) is 0 Å². The number of aryl methyl sites for hydroxylation is 1. The van der Waals surface area contributed by atoms with Crippen molar-refractivity contribution in [2.75, 3.05) is 11.9 Å². The number of carbonyl (C=O) groups excluding carboxylic acids is 2. The molecule has 0 saturated heterocycles. The number of nitrogens with one attached hydrogen (secondary N) is 2.